The molecule has 0 aliphatic carbocycles. The lowest BCUT2D eigenvalue weighted by Crippen LogP contribution is -2.40. The number of benzene rings is 1. The normalized spacial score (nSPS) is 15.5. The van der Waals surface area contributed by atoms with Crippen molar-refractivity contribution >= 4 is 22.6 Å². The van der Waals surface area contributed by atoms with E-state index in [1.807, 2.05) is 28.9 Å². The van der Waals surface area contributed by atoms with Gasteiger partial charge in [0.1, 0.15) is 29.1 Å². The summed E-state index contributed by atoms with van der Waals surface area (Å²) in [5.74, 6) is 1.54. The van der Waals surface area contributed by atoms with Gasteiger partial charge in [0.25, 0.3) is 0 Å². The monoisotopic (exact) mass is 465 g/mol. The van der Waals surface area contributed by atoms with E-state index in [1.165, 1.54) is 12.3 Å². The fourth-order valence-corrected chi connectivity index (χ4v) is 4.45. The van der Waals surface area contributed by atoms with Crippen LogP contribution >= 0.6 is 0 Å². The third-order valence-electron chi connectivity index (χ3n) is 6.12. The molecule has 1 fully saturated rings. The van der Waals surface area contributed by atoms with Crippen molar-refractivity contribution in [2.24, 2.45) is 0 Å². The maximum Gasteiger partial charge on any atom is 0.246 e. The number of carbonyl (C=O) groups excluding carboxylic acids is 1. The molecule has 2 N–H and O–H groups in total. The van der Waals surface area contributed by atoms with Crippen LogP contribution in [0.1, 0.15) is 24.4 Å². The van der Waals surface area contributed by atoms with E-state index in [1.54, 1.807) is 29.4 Å². The van der Waals surface area contributed by atoms with Crippen LogP contribution in [0.2, 0.25) is 0 Å². The highest BCUT2D eigenvalue weighted by Crippen LogP contribution is 2.37. The van der Waals surface area contributed by atoms with Crippen LogP contribution in [0.5, 0.6) is 11.5 Å². The molecule has 174 valence electrons. The Morgan fingerprint density at radius 3 is 2.66 bits per heavy atom. The van der Waals surface area contributed by atoms with E-state index < -0.39 is 0 Å². The Hall–Kier alpha value is -4.71. The van der Waals surface area contributed by atoms with E-state index in [2.05, 4.69) is 22.6 Å². The fraction of sp³-hybridized carbons (Fsp3) is 0.192. The average Bonchev–Trinajstić information content (AvgIpc) is 3.31. The molecule has 3 aromatic heterocycles. The first-order valence-corrected chi connectivity index (χ1v) is 11.3. The number of anilines is 1. The van der Waals surface area contributed by atoms with Gasteiger partial charge >= 0.3 is 0 Å². The largest absolute Gasteiger partial charge is 0.457 e. The molecule has 1 atom stereocenters. The topological polar surface area (TPSA) is 123 Å². The van der Waals surface area contributed by atoms with Gasteiger partial charge in [-0.1, -0.05) is 6.58 Å². The number of ether oxygens (including phenoxy) is 1. The van der Waals surface area contributed by atoms with Crippen LogP contribution in [-0.4, -0.2) is 43.6 Å². The predicted molar refractivity (Wildman–Crippen MR) is 131 cm³/mol. The quantitative estimate of drug-likeness (QED) is 0.440. The van der Waals surface area contributed by atoms with Crippen molar-refractivity contribution in [1.82, 2.24) is 24.6 Å². The number of nitrogens with two attached hydrogens (primary N) is 1. The number of aromatic nitrogens is 4. The molecule has 35 heavy (non-hydrogen) atoms. The molecule has 1 aliphatic heterocycles. The smallest absolute Gasteiger partial charge is 0.246 e. The summed E-state index contributed by atoms with van der Waals surface area (Å²) in [6.45, 7) is 4.75. The van der Waals surface area contributed by atoms with Gasteiger partial charge in [0.05, 0.1) is 22.5 Å². The molecule has 1 saturated heterocycles. The van der Waals surface area contributed by atoms with Crippen molar-refractivity contribution in [3.63, 3.8) is 0 Å². The molecular formula is C26H23N7O2. The van der Waals surface area contributed by atoms with Crippen LogP contribution in [0, 0.1) is 11.3 Å². The zero-order chi connectivity index (χ0) is 24.4. The van der Waals surface area contributed by atoms with Crippen LogP contribution in [0.3, 0.4) is 0 Å². The molecule has 9 nitrogen and oxygen atoms in total. The molecule has 1 amide bonds. The molecule has 0 spiro atoms. The molecule has 4 heterocycles. The minimum Gasteiger partial charge on any atom is -0.457 e. The zero-order valence-corrected chi connectivity index (χ0v) is 19.0. The van der Waals surface area contributed by atoms with Gasteiger partial charge in [-0.2, -0.15) is 10.4 Å². The van der Waals surface area contributed by atoms with E-state index in [-0.39, 0.29) is 11.9 Å². The summed E-state index contributed by atoms with van der Waals surface area (Å²) in [5.41, 5.74) is 8.77. The minimum atomic E-state index is -0.113. The highest BCUT2D eigenvalue weighted by atomic mass is 16.5. The number of carbonyl (C=O) groups is 1. The van der Waals surface area contributed by atoms with Crippen LogP contribution < -0.4 is 10.5 Å². The summed E-state index contributed by atoms with van der Waals surface area (Å²) in [6.07, 6.45) is 7.78. The number of amides is 1. The third kappa shape index (κ3) is 4.17. The Labute approximate surface area is 202 Å². The van der Waals surface area contributed by atoms with Crippen molar-refractivity contribution in [3.8, 4) is 28.8 Å². The molecule has 4 aromatic rings. The van der Waals surface area contributed by atoms with Gasteiger partial charge < -0.3 is 15.4 Å². The molecule has 1 aromatic carbocycles. The predicted octanol–water partition coefficient (Wildman–Crippen LogP) is 4.09. The Kier molecular flexibility index (Phi) is 5.85. The summed E-state index contributed by atoms with van der Waals surface area (Å²) in [6, 6.07) is 13.2. The van der Waals surface area contributed by atoms with Gasteiger partial charge in [-0.05, 0) is 55.3 Å². The SMILES string of the molecule is C=CC(=O)N1CCC[C@@H](n2nc(-c3ccc(Oc4ccncc4)cc3)c3c(N)ncc(C#N)c32)C1. The maximum absolute atomic E-state index is 12.3. The number of rotatable bonds is 5. The second-order valence-corrected chi connectivity index (χ2v) is 8.28. The number of pyridine rings is 2. The lowest BCUT2D eigenvalue weighted by Gasteiger charge is -2.32. The van der Waals surface area contributed by atoms with E-state index in [0.29, 0.717) is 52.6 Å². The van der Waals surface area contributed by atoms with Crippen molar-refractivity contribution in [1.29, 1.82) is 5.26 Å². The Morgan fingerprint density at radius 1 is 1.20 bits per heavy atom. The summed E-state index contributed by atoms with van der Waals surface area (Å²) in [4.78, 5) is 22.3. The van der Waals surface area contributed by atoms with Crippen molar-refractivity contribution in [2.45, 2.75) is 18.9 Å². The molecule has 9 heteroatoms. The molecule has 0 saturated carbocycles. The van der Waals surface area contributed by atoms with Gasteiger partial charge in [0, 0.05) is 37.2 Å². The second kappa shape index (κ2) is 9.27. The van der Waals surface area contributed by atoms with E-state index in [4.69, 9.17) is 15.6 Å². The lowest BCUT2D eigenvalue weighted by molar-refractivity contribution is -0.127. The van der Waals surface area contributed by atoms with Crippen molar-refractivity contribution in [2.75, 3.05) is 18.8 Å². The molecular weight excluding hydrogens is 442 g/mol. The third-order valence-corrected chi connectivity index (χ3v) is 6.12. The Balaban J connectivity index is 1.57. The molecule has 5 rings (SSSR count). The standard InChI is InChI=1S/C26H23N7O2/c1-2-22(34)32-13-3-4-19(16-32)33-25-18(14-27)15-30-26(28)23(25)24(31-33)17-5-7-20(8-6-17)35-21-9-11-29-12-10-21/h2,5-12,15,19H,1,3-4,13,16H2,(H2,28,30)/t19-/m1/s1. The van der Waals surface area contributed by atoms with Crippen LogP contribution in [0.4, 0.5) is 5.82 Å². The van der Waals surface area contributed by atoms with Crippen molar-refractivity contribution in [3.05, 3.63) is 73.2 Å². The number of fused-ring (bicyclic) bond motifs is 1. The van der Waals surface area contributed by atoms with E-state index >= 15 is 0 Å². The number of hydrogen-bond acceptors (Lipinski definition) is 7. The maximum atomic E-state index is 12.3. The van der Waals surface area contributed by atoms with E-state index in [0.717, 1.165) is 18.4 Å². The summed E-state index contributed by atoms with van der Waals surface area (Å²) in [7, 11) is 0. The number of nitrogens with zero attached hydrogens (tertiary/aromatic N) is 6. The molecule has 0 unspecified atom stereocenters. The molecule has 1 aliphatic rings. The number of piperidine rings is 1. The first-order valence-electron chi connectivity index (χ1n) is 11.3. The van der Waals surface area contributed by atoms with Crippen LogP contribution in [0.25, 0.3) is 22.2 Å². The van der Waals surface area contributed by atoms with Crippen LogP contribution in [0.15, 0.2) is 67.6 Å². The van der Waals surface area contributed by atoms with Gasteiger partial charge in [0.2, 0.25) is 5.91 Å². The van der Waals surface area contributed by atoms with Gasteiger partial charge in [-0.3, -0.25) is 14.5 Å². The Morgan fingerprint density at radius 2 is 1.94 bits per heavy atom. The first kappa shape index (κ1) is 22.1. The number of nitrogen functional groups attached to an aromatic ring is 1. The highest BCUT2D eigenvalue weighted by molar-refractivity contribution is 6.02. The van der Waals surface area contributed by atoms with Gasteiger partial charge in [-0.25, -0.2) is 4.98 Å². The number of likely N-dealkylation sites (tertiary alicyclic amines) is 1. The molecule has 0 radical (unpaired) electrons. The van der Waals surface area contributed by atoms with Gasteiger partial charge in [-0.15, -0.1) is 0 Å². The fourth-order valence-electron chi connectivity index (χ4n) is 4.45. The number of nitriles is 1. The van der Waals surface area contributed by atoms with Gasteiger partial charge in [0.15, 0.2) is 0 Å². The van der Waals surface area contributed by atoms with Crippen LogP contribution in [-0.2, 0) is 4.79 Å². The summed E-state index contributed by atoms with van der Waals surface area (Å²) >= 11 is 0. The first-order chi connectivity index (χ1) is 17.1. The zero-order valence-electron chi connectivity index (χ0n) is 19.0. The summed E-state index contributed by atoms with van der Waals surface area (Å²) < 4.78 is 7.71. The lowest BCUT2D eigenvalue weighted by atomic mass is 10.0. The Bertz CT molecular complexity index is 1440. The van der Waals surface area contributed by atoms with Crippen molar-refractivity contribution < 1.29 is 9.53 Å². The number of hydrogen-bond donors (Lipinski definition) is 1. The highest BCUT2D eigenvalue weighted by Gasteiger charge is 2.28. The summed E-state index contributed by atoms with van der Waals surface area (Å²) in [5, 5.41) is 15.4. The minimum absolute atomic E-state index is 0.105. The average molecular weight is 466 g/mol. The van der Waals surface area contributed by atoms with E-state index in [9.17, 15) is 10.1 Å². The molecule has 0 bridgehead atoms. The second-order valence-electron chi connectivity index (χ2n) is 8.28.